The Hall–Kier alpha value is -1.01. The van der Waals surface area contributed by atoms with E-state index >= 15 is 0 Å². The predicted octanol–water partition coefficient (Wildman–Crippen LogP) is 0.939. The maximum Gasteiger partial charge on any atom is 0.322 e. The molecule has 0 fully saturated rings. The van der Waals surface area contributed by atoms with Crippen molar-refractivity contribution in [3.8, 4) is 12.3 Å². The average molecular weight is 183 g/mol. The predicted molar refractivity (Wildman–Crippen MR) is 52.1 cm³/mol. The molecule has 0 spiro atoms. The lowest BCUT2D eigenvalue weighted by atomic mass is 10.1. The van der Waals surface area contributed by atoms with Gasteiger partial charge >= 0.3 is 5.97 Å². The van der Waals surface area contributed by atoms with Crippen LogP contribution in [0.3, 0.4) is 0 Å². The summed E-state index contributed by atoms with van der Waals surface area (Å²) in [5.74, 6) is 2.31. The van der Waals surface area contributed by atoms with E-state index in [1.807, 2.05) is 0 Å². The number of carbonyl (C=O) groups excluding carboxylic acids is 1. The Balaban J connectivity index is 3.94. The van der Waals surface area contributed by atoms with Crippen molar-refractivity contribution in [2.45, 2.75) is 38.8 Å². The van der Waals surface area contributed by atoms with Crippen LogP contribution in [0.5, 0.6) is 0 Å². The molecular formula is C10H17NO2. The highest BCUT2D eigenvalue weighted by Crippen LogP contribution is 1.97. The molecule has 13 heavy (non-hydrogen) atoms. The summed E-state index contributed by atoms with van der Waals surface area (Å²) in [5.41, 5.74) is 0. The van der Waals surface area contributed by atoms with E-state index in [4.69, 9.17) is 6.42 Å². The lowest BCUT2D eigenvalue weighted by Crippen LogP contribution is -2.41. The van der Waals surface area contributed by atoms with Gasteiger partial charge in [-0.05, 0) is 13.3 Å². The maximum absolute atomic E-state index is 11.0. The van der Waals surface area contributed by atoms with Gasteiger partial charge in [0.05, 0.1) is 13.2 Å². The molecular weight excluding hydrogens is 166 g/mol. The van der Waals surface area contributed by atoms with E-state index in [9.17, 15) is 4.79 Å². The zero-order valence-corrected chi connectivity index (χ0v) is 8.46. The molecule has 1 N–H and O–H groups in total. The fourth-order valence-electron chi connectivity index (χ4n) is 1.05. The quantitative estimate of drug-likeness (QED) is 0.509. The Morgan fingerprint density at radius 1 is 1.69 bits per heavy atom. The van der Waals surface area contributed by atoms with Crippen molar-refractivity contribution in [3.63, 3.8) is 0 Å². The second-order valence-corrected chi connectivity index (χ2v) is 2.92. The summed E-state index contributed by atoms with van der Waals surface area (Å²) in [6, 6.07) is -0.378. The minimum Gasteiger partial charge on any atom is -0.468 e. The molecule has 0 aromatic heterocycles. The summed E-state index contributed by atoms with van der Waals surface area (Å²) in [6.07, 6.45) is 7.15. The summed E-state index contributed by atoms with van der Waals surface area (Å²) in [6.45, 7) is 3.79. The molecule has 0 bridgehead atoms. The lowest BCUT2D eigenvalue weighted by molar-refractivity contribution is -0.142. The van der Waals surface area contributed by atoms with Gasteiger partial charge in [-0.3, -0.25) is 10.1 Å². The van der Waals surface area contributed by atoms with Gasteiger partial charge in [0.1, 0.15) is 6.04 Å². The molecule has 3 nitrogen and oxygen atoms in total. The number of rotatable bonds is 5. The van der Waals surface area contributed by atoms with Crippen molar-refractivity contribution in [1.82, 2.24) is 5.32 Å². The van der Waals surface area contributed by atoms with Gasteiger partial charge in [0, 0.05) is 0 Å². The van der Waals surface area contributed by atoms with Gasteiger partial charge in [-0.15, -0.1) is 6.42 Å². The number of terminal acetylenes is 1. The molecule has 74 valence electrons. The Kier molecular flexibility index (Phi) is 5.99. The summed E-state index contributed by atoms with van der Waals surface area (Å²) in [5, 5.41) is 3.01. The maximum atomic E-state index is 11.0. The first-order valence-corrected chi connectivity index (χ1v) is 4.45. The van der Waals surface area contributed by atoms with E-state index < -0.39 is 0 Å². The van der Waals surface area contributed by atoms with E-state index in [-0.39, 0.29) is 18.1 Å². The van der Waals surface area contributed by atoms with Gasteiger partial charge in [-0.2, -0.15) is 0 Å². The smallest absolute Gasteiger partial charge is 0.322 e. The number of methoxy groups -OCH3 is 1. The number of esters is 1. The standard InChI is InChI=1S/C10H17NO2/c1-5-7-9(6-2)11-8(3)10(12)13-4/h2,8-9,11H,5,7H2,1,3-4H3. The van der Waals surface area contributed by atoms with Crippen molar-refractivity contribution in [1.29, 1.82) is 0 Å². The van der Waals surface area contributed by atoms with Gasteiger partial charge in [-0.25, -0.2) is 0 Å². The summed E-state index contributed by atoms with van der Waals surface area (Å²) in [4.78, 5) is 11.0. The van der Waals surface area contributed by atoms with E-state index in [0.717, 1.165) is 12.8 Å². The van der Waals surface area contributed by atoms with Crippen molar-refractivity contribution < 1.29 is 9.53 Å². The SMILES string of the molecule is C#CC(CCC)NC(C)C(=O)OC. The second-order valence-electron chi connectivity index (χ2n) is 2.92. The molecule has 3 heteroatoms. The molecule has 0 amide bonds. The van der Waals surface area contributed by atoms with Gasteiger partial charge in [0.25, 0.3) is 0 Å². The van der Waals surface area contributed by atoms with Gasteiger partial charge in [0.15, 0.2) is 0 Å². The van der Waals surface area contributed by atoms with Gasteiger partial charge in [0.2, 0.25) is 0 Å². The molecule has 0 aliphatic rings. The topological polar surface area (TPSA) is 38.3 Å². The zero-order valence-electron chi connectivity index (χ0n) is 8.46. The number of hydrogen-bond donors (Lipinski definition) is 1. The molecule has 2 unspecified atom stereocenters. The molecule has 0 saturated carbocycles. The Labute approximate surface area is 79.8 Å². The average Bonchev–Trinajstić information content (AvgIpc) is 2.15. The van der Waals surface area contributed by atoms with Crippen LogP contribution in [0, 0.1) is 12.3 Å². The molecule has 0 rings (SSSR count). The molecule has 0 aromatic rings. The Morgan fingerprint density at radius 3 is 2.69 bits per heavy atom. The van der Waals surface area contributed by atoms with Crippen molar-refractivity contribution in [3.05, 3.63) is 0 Å². The molecule has 0 aromatic carbocycles. The van der Waals surface area contributed by atoms with Crippen LogP contribution in [0.4, 0.5) is 0 Å². The van der Waals surface area contributed by atoms with Crippen LogP contribution in [0.15, 0.2) is 0 Å². The number of carbonyl (C=O) groups is 1. The number of nitrogens with one attached hydrogen (secondary N) is 1. The van der Waals surface area contributed by atoms with Crippen LogP contribution >= 0.6 is 0 Å². The third-order valence-corrected chi connectivity index (χ3v) is 1.78. The summed E-state index contributed by atoms with van der Waals surface area (Å²) in [7, 11) is 1.37. The molecule has 2 atom stereocenters. The van der Waals surface area contributed by atoms with E-state index in [1.54, 1.807) is 6.92 Å². The normalized spacial score (nSPS) is 14.3. The minimum atomic E-state index is -0.336. The minimum absolute atomic E-state index is 0.0425. The fourth-order valence-corrected chi connectivity index (χ4v) is 1.05. The van der Waals surface area contributed by atoms with Crippen molar-refractivity contribution in [2.75, 3.05) is 7.11 Å². The molecule has 0 aliphatic heterocycles. The lowest BCUT2D eigenvalue weighted by Gasteiger charge is -2.16. The van der Waals surface area contributed by atoms with E-state index in [2.05, 4.69) is 22.9 Å². The third-order valence-electron chi connectivity index (χ3n) is 1.78. The zero-order chi connectivity index (χ0) is 10.3. The molecule has 0 heterocycles. The first-order valence-electron chi connectivity index (χ1n) is 4.45. The van der Waals surface area contributed by atoms with Crippen molar-refractivity contribution >= 4 is 5.97 Å². The summed E-state index contributed by atoms with van der Waals surface area (Å²) < 4.78 is 4.57. The highest BCUT2D eigenvalue weighted by molar-refractivity contribution is 5.75. The number of hydrogen-bond acceptors (Lipinski definition) is 3. The van der Waals surface area contributed by atoms with Gasteiger partial charge in [-0.1, -0.05) is 19.3 Å². The van der Waals surface area contributed by atoms with E-state index in [0.29, 0.717) is 0 Å². The Morgan fingerprint density at radius 2 is 2.31 bits per heavy atom. The molecule has 0 radical (unpaired) electrons. The second kappa shape index (κ2) is 6.50. The fraction of sp³-hybridized carbons (Fsp3) is 0.700. The van der Waals surface area contributed by atoms with Crippen LogP contribution in [-0.2, 0) is 9.53 Å². The van der Waals surface area contributed by atoms with Crippen LogP contribution in [0.1, 0.15) is 26.7 Å². The van der Waals surface area contributed by atoms with Gasteiger partial charge < -0.3 is 4.74 Å². The van der Waals surface area contributed by atoms with E-state index in [1.165, 1.54) is 7.11 Å². The largest absolute Gasteiger partial charge is 0.468 e. The Bertz CT molecular complexity index is 196. The highest BCUT2D eigenvalue weighted by atomic mass is 16.5. The van der Waals surface area contributed by atoms with Crippen LogP contribution < -0.4 is 5.32 Å². The first kappa shape index (κ1) is 12.0. The van der Waals surface area contributed by atoms with Crippen molar-refractivity contribution in [2.24, 2.45) is 0 Å². The summed E-state index contributed by atoms with van der Waals surface area (Å²) >= 11 is 0. The highest BCUT2D eigenvalue weighted by Gasteiger charge is 2.15. The number of ether oxygens (including phenoxy) is 1. The third kappa shape index (κ3) is 4.54. The molecule has 0 aliphatic carbocycles. The van der Waals surface area contributed by atoms with Crippen LogP contribution in [-0.4, -0.2) is 25.2 Å². The first-order chi connectivity index (χ1) is 6.15. The molecule has 0 saturated heterocycles. The van der Waals surface area contributed by atoms with Crippen LogP contribution in [0.2, 0.25) is 0 Å². The van der Waals surface area contributed by atoms with Crippen LogP contribution in [0.25, 0.3) is 0 Å². The monoisotopic (exact) mass is 183 g/mol.